The van der Waals surface area contributed by atoms with E-state index in [0.717, 1.165) is 12.1 Å². The van der Waals surface area contributed by atoms with Gasteiger partial charge in [0.1, 0.15) is 18.2 Å². The summed E-state index contributed by atoms with van der Waals surface area (Å²) in [5.41, 5.74) is -0.347. The number of benzene rings is 1. The van der Waals surface area contributed by atoms with Crippen LogP contribution in [0.3, 0.4) is 0 Å². The van der Waals surface area contributed by atoms with E-state index in [1.54, 1.807) is 0 Å². The summed E-state index contributed by atoms with van der Waals surface area (Å²) in [6.07, 6.45) is 0.715. The predicted molar refractivity (Wildman–Crippen MR) is 61.2 cm³/mol. The molecular weight excluding hydrogens is 286 g/mol. The standard InChI is InChI=1S/C9H8F2O3.CH4O3S/c10-6-1-2-7(8(11)5-6)9(13)14-4-3-12;1-5(2,3)4/h1-2,5,12H,3-4H2;1H3,(H,2,3,4). The molecule has 0 unspecified atom stereocenters. The van der Waals surface area contributed by atoms with Crippen LogP contribution in [0.25, 0.3) is 0 Å². The van der Waals surface area contributed by atoms with Gasteiger partial charge in [-0.1, -0.05) is 0 Å². The third-order valence-corrected chi connectivity index (χ3v) is 1.48. The number of halogens is 2. The van der Waals surface area contributed by atoms with Crippen molar-refractivity contribution in [3.63, 3.8) is 0 Å². The lowest BCUT2D eigenvalue weighted by Gasteiger charge is -2.03. The molecule has 0 radical (unpaired) electrons. The lowest BCUT2D eigenvalue weighted by Crippen LogP contribution is -2.10. The SMILES string of the molecule is CS(=O)(=O)O.O=C(OCCO)c1ccc(F)cc1F. The monoisotopic (exact) mass is 298 g/mol. The van der Waals surface area contributed by atoms with Crippen LogP contribution < -0.4 is 0 Å². The number of hydrogen-bond acceptors (Lipinski definition) is 5. The summed E-state index contributed by atoms with van der Waals surface area (Å²) in [5.74, 6) is -2.66. The zero-order valence-corrected chi connectivity index (χ0v) is 10.7. The second kappa shape index (κ2) is 7.77. The Labute approximate surface area is 108 Å². The first-order valence-electron chi connectivity index (χ1n) is 4.80. The highest BCUT2D eigenvalue weighted by Gasteiger charge is 2.13. The van der Waals surface area contributed by atoms with Crippen LogP contribution in [0.5, 0.6) is 0 Å². The van der Waals surface area contributed by atoms with Gasteiger partial charge in [0.2, 0.25) is 0 Å². The summed E-state index contributed by atoms with van der Waals surface area (Å²) in [6, 6.07) is 2.54. The topological polar surface area (TPSA) is 101 Å². The molecule has 0 aliphatic carbocycles. The first-order valence-corrected chi connectivity index (χ1v) is 6.65. The van der Waals surface area contributed by atoms with E-state index in [2.05, 4.69) is 4.74 Å². The van der Waals surface area contributed by atoms with Crippen molar-refractivity contribution < 1.29 is 36.4 Å². The number of hydrogen-bond donors (Lipinski definition) is 2. The molecule has 6 nitrogen and oxygen atoms in total. The molecule has 0 fully saturated rings. The van der Waals surface area contributed by atoms with Gasteiger partial charge >= 0.3 is 5.97 Å². The Kier molecular flexibility index (Phi) is 7.12. The second-order valence-electron chi connectivity index (χ2n) is 3.22. The van der Waals surface area contributed by atoms with Crippen molar-refractivity contribution in [2.24, 2.45) is 0 Å². The van der Waals surface area contributed by atoms with Gasteiger partial charge in [0, 0.05) is 6.07 Å². The van der Waals surface area contributed by atoms with E-state index in [1.807, 2.05) is 0 Å². The van der Waals surface area contributed by atoms with Crippen LogP contribution in [0, 0.1) is 11.6 Å². The fourth-order valence-electron chi connectivity index (χ4n) is 0.871. The lowest BCUT2D eigenvalue weighted by atomic mass is 10.2. The maximum atomic E-state index is 12.9. The molecule has 0 heterocycles. The maximum absolute atomic E-state index is 12.9. The van der Waals surface area contributed by atoms with Crippen LogP contribution in [0.15, 0.2) is 18.2 Å². The zero-order valence-electron chi connectivity index (χ0n) is 9.84. The van der Waals surface area contributed by atoms with Crippen LogP contribution in [0.4, 0.5) is 8.78 Å². The number of aliphatic hydroxyl groups excluding tert-OH is 1. The zero-order chi connectivity index (χ0) is 15.1. The van der Waals surface area contributed by atoms with Gasteiger partial charge in [0.15, 0.2) is 0 Å². The van der Waals surface area contributed by atoms with E-state index in [0.29, 0.717) is 12.3 Å². The largest absolute Gasteiger partial charge is 0.460 e. The summed E-state index contributed by atoms with van der Waals surface area (Å²) in [4.78, 5) is 11.0. The Hall–Kier alpha value is -1.58. The van der Waals surface area contributed by atoms with E-state index < -0.39 is 27.7 Å². The number of esters is 1. The van der Waals surface area contributed by atoms with Crippen molar-refractivity contribution in [1.82, 2.24) is 0 Å². The smallest absolute Gasteiger partial charge is 0.341 e. The van der Waals surface area contributed by atoms with Crippen molar-refractivity contribution >= 4 is 16.1 Å². The normalized spacial score (nSPS) is 10.4. The van der Waals surface area contributed by atoms with Crippen molar-refractivity contribution in [2.75, 3.05) is 19.5 Å². The molecule has 0 atom stereocenters. The highest BCUT2D eigenvalue weighted by atomic mass is 32.2. The quantitative estimate of drug-likeness (QED) is 0.626. The second-order valence-corrected chi connectivity index (χ2v) is 4.68. The molecule has 9 heteroatoms. The van der Waals surface area contributed by atoms with Gasteiger partial charge in [-0.25, -0.2) is 13.6 Å². The molecule has 0 saturated heterocycles. The van der Waals surface area contributed by atoms with Crippen molar-refractivity contribution in [3.8, 4) is 0 Å². The van der Waals surface area contributed by atoms with E-state index in [-0.39, 0.29) is 18.8 Å². The van der Waals surface area contributed by atoms with Gasteiger partial charge in [-0.2, -0.15) is 8.42 Å². The number of carbonyl (C=O) groups excluding carboxylic acids is 1. The number of carbonyl (C=O) groups is 1. The maximum Gasteiger partial charge on any atom is 0.341 e. The van der Waals surface area contributed by atoms with Gasteiger partial charge in [-0.3, -0.25) is 4.55 Å². The van der Waals surface area contributed by atoms with Crippen LogP contribution >= 0.6 is 0 Å². The minimum Gasteiger partial charge on any atom is -0.460 e. The average molecular weight is 298 g/mol. The Morgan fingerprint density at radius 1 is 1.37 bits per heavy atom. The van der Waals surface area contributed by atoms with Gasteiger partial charge < -0.3 is 9.84 Å². The summed E-state index contributed by atoms with van der Waals surface area (Å²) < 4.78 is 55.7. The molecule has 0 spiro atoms. The molecule has 19 heavy (non-hydrogen) atoms. The molecule has 1 rings (SSSR count). The molecule has 0 aliphatic rings. The Balaban J connectivity index is 0.000000555. The van der Waals surface area contributed by atoms with Gasteiger partial charge in [0.25, 0.3) is 10.1 Å². The predicted octanol–water partition coefficient (Wildman–Crippen LogP) is 0.618. The minimum atomic E-state index is -3.67. The van der Waals surface area contributed by atoms with E-state index in [9.17, 15) is 22.0 Å². The van der Waals surface area contributed by atoms with E-state index in [4.69, 9.17) is 9.66 Å². The van der Waals surface area contributed by atoms with Crippen LogP contribution in [-0.4, -0.2) is 43.5 Å². The third-order valence-electron chi connectivity index (χ3n) is 1.48. The summed E-state index contributed by atoms with van der Waals surface area (Å²) in [6.45, 7) is -0.551. The molecule has 0 amide bonds. The molecule has 1 aromatic carbocycles. The average Bonchev–Trinajstić information content (AvgIpc) is 2.23. The fourth-order valence-corrected chi connectivity index (χ4v) is 0.871. The van der Waals surface area contributed by atoms with Gasteiger partial charge in [0.05, 0.1) is 18.4 Å². The number of rotatable bonds is 3. The molecule has 0 bridgehead atoms. The molecule has 0 aromatic heterocycles. The van der Waals surface area contributed by atoms with Crippen LogP contribution in [0.2, 0.25) is 0 Å². The Bertz CT molecular complexity index is 521. The molecule has 0 aliphatic heterocycles. The Morgan fingerprint density at radius 2 is 1.89 bits per heavy atom. The van der Waals surface area contributed by atoms with E-state index >= 15 is 0 Å². The van der Waals surface area contributed by atoms with Crippen molar-refractivity contribution in [3.05, 3.63) is 35.4 Å². The van der Waals surface area contributed by atoms with Gasteiger partial charge in [-0.15, -0.1) is 0 Å². The highest BCUT2D eigenvalue weighted by Crippen LogP contribution is 2.10. The van der Waals surface area contributed by atoms with Crippen LogP contribution in [0.1, 0.15) is 10.4 Å². The first-order chi connectivity index (χ1) is 8.65. The lowest BCUT2D eigenvalue weighted by molar-refractivity contribution is 0.0428. The molecule has 2 N–H and O–H groups in total. The van der Waals surface area contributed by atoms with Crippen LogP contribution in [-0.2, 0) is 14.9 Å². The summed E-state index contributed by atoms with van der Waals surface area (Å²) >= 11 is 0. The third kappa shape index (κ3) is 9.05. The Morgan fingerprint density at radius 3 is 2.32 bits per heavy atom. The molecule has 0 saturated carbocycles. The number of aliphatic hydroxyl groups is 1. The summed E-state index contributed by atoms with van der Waals surface area (Å²) in [5, 5.41) is 8.34. The van der Waals surface area contributed by atoms with Crippen molar-refractivity contribution in [2.45, 2.75) is 0 Å². The first kappa shape index (κ1) is 17.4. The van der Waals surface area contributed by atoms with Gasteiger partial charge in [-0.05, 0) is 12.1 Å². The molecule has 1 aromatic rings. The molecule has 108 valence electrons. The summed E-state index contributed by atoms with van der Waals surface area (Å²) in [7, 11) is -3.67. The minimum absolute atomic E-state index is 0.213. The molecular formula is C10H12F2O6S. The highest BCUT2D eigenvalue weighted by molar-refractivity contribution is 7.85. The fraction of sp³-hybridized carbons (Fsp3) is 0.300. The number of ether oxygens (including phenoxy) is 1. The van der Waals surface area contributed by atoms with E-state index in [1.165, 1.54) is 0 Å². The van der Waals surface area contributed by atoms with Crippen molar-refractivity contribution in [1.29, 1.82) is 0 Å².